The van der Waals surface area contributed by atoms with Crippen molar-refractivity contribution in [1.29, 1.82) is 0 Å². The second-order valence-electron chi connectivity index (χ2n) is 6.04. The molecule has 0 saturated heterocycles. The number of ether oxygens (including phenoxy) is 1. The highest BCUT2D eigenvalue weighted by Crippen LogP contribution is 2.34. The first-order chi connectivity index (χ1) is 9.95. The second-order valence-corrected chi connectivity index (χ2v) is 7.93. The summed E-state index contributed by atoms with van der Waals surface area (Å²) in [5, 5.41) is 9.00. The minimum absolute atomic E-state index is 0.114. The van der Waals surface area contributed by atoms with Crippen molar-refractivity contribution >= 4 is 22.7 Å². The summed E-state index contributed by atoms with van der Waals surface area (Å²) < 4.78 is 5.46. The molecule has 1 atom stereocenters. The van der Waals surface area contributed by atoms with Crippen molar-refractivity contribution in [3.8, 4) is 5.75 Å². The molecule has 0 amide bonds. The van der Waals surface area contributed by atoms with Gasteiger partial charge in [0.15, 0.2) is 0 Å². The first kappa shape index (κ1) is 16.5. The summed E-state index contributed by atoms with van der Waals surface area (Å²) in [7, 11) is 1.73. The van der Waals surface area contributed by atoms with Crippen LogP contribution in [0.4, 0.5) is 0 Å². The van der Waals surface area contributed by atoms with Crippen LogP contribution in [0.5, 0.6) is 5.75 Å². The Hall–Kier alpha value is -0.910. The average Bonchev–Trinajstić information content (AvgIpc) is 3.05. The lowest BCUT2D eigenvalue weighted by molar-refractivity contribution is 0.403. The lowest BCUT2D eigenvalue weighted by Gasteiger charge is -2.17. The van der Waals surface area contributed by atoms with Gasteiger partial charge in [0.1, 0.15) is 5.75 Å². The quantitative estimate of drug-likeness (QED) is 0.855. The Labute approximate surface area is 135 Å². The van der Waals surface area contributed by atoms with Gasteiger partial charge in [0.2, 0.25) is 0 Å². The predicted octanol–water partition coefficient (Wildman–Crippen LogP) is 4.40. The van der Waals surface area contributed by atoms with E-state index in [2.05, 4.69) is 43.8 Å². The molecule has 3 nitrogen and oxygen atoms in total. The van der Waals surface area contributed by atoms with Crippen LogP contribution in [0.3, 0.4) is 0 Å². The monoisotopic (exact) mass is 324 g/mol. The van der Waals surface area contributed by atoms with Gasteiger partial charge < -0.3 is 10.1 Å². The molecular formula is C16H24N2OS2. The van der Waals surface area contributed by atoms with Crippen LogP contribution < -0.4 is 10.1 Å². The van der Waals surface area contributed by atoms with Crippen LogP contribution in [0.2, 0.25) is 0 Å². The molecule has 21 heavy (non-hydrogen) atoms. The maximum absolute atomic E-state index is 5.46. The van der Waals surface area contributed by atoms with Crippen LogP contribution >= 0.6 is 22.7 Å². The smallest absolute Gasteiger partial charge is 0.134 e. The van der Waals surface area contributed by atoms with Gasteiger partial charge in [-0.1, -0.05) is 27.7 Å². The van der Waals surface area contributed by atoms with E-state index in [0.717, 1.165) is 18.7 Å². The molecule has 5 heteroatoms. The van der Waals surface area contributed by atoms with Gasteiger partial charge in [0.05, 0.1) is 28.7 Å². The van der Waals surface area contributed by atoms with Gasteiger partial charge in [-0.25, -0.2) is 4.98 Å². The van der Waals surface area contributed by atoms with Crippen molar-refractivity contribution in [3.05, 3.63) is 32.4 Å². The molecule has 0 aliphatic heterocycles. The number of thiophene rings is 1. The Kier molecular flexibility index (Phi) is 5.41. The number of nitrogens with zero attached hydrogens (tertiary/aromatic N) is 1. The topological polar surface area (TPSA) is 34.2 Å². The number of aromatic nitrogens is 1. The van der Waals surface area contributed by atoms with Gasteiger partial charge in [-0.3, -0.25) is 0 Å². The van der Waals surface area contributed by atoms with E-state index in [0.29, 0.717) is 0 Å². The summed E-state index contributed by atoms with van der Waals surface area (Å²) in [5.41, 5.74) is 1.29. The third-order valence-electron chi connectivity index (χ3n) is 3.34. The molecule has 2 rings (SSSR count). The van der Waals surface area contributed by atoms with E-state index >= 15 is 0 Å². The van der Waals surface area contributed by atoms with Crippen molar-refractivity contribution in [3.63, 3.8) is 0 Å². The van der Waals surface area contributed by atoms with Gasteiger partial charge >= 0.3 is 0 Å². The first-order valence-electron chi connectivity index (χ1n) is 7.25. The molecule has 0 aliphatic carbocycles. The fourth-order valence-corrected chi connectivity index (χ4v) is 4.16. The van der Waals surface area contributed by atoms with E-state index in [1.807, 2.05) is 6.07 Å². The van der Waals surface area contributed by atoms with Gasteiger partial charge in [0.25, 0.3) is 0 Å². The Balaban J connectivity index is 2.19. The van der Waals surface area contributed by atoms with E-state index < -0.39 is 0 Å². The molecule has 2 aromatic rings. The molecule has 0 radical (unpaired) electrons. The number of methoxy groups -OCH3 is 1. The molecule has 0 fully saturated rings. The number of nitrogens with one attached hydrogen (secondary N) is 1. The molecular weight excluding hydrogens is 300 g/mol. The lowest BCUT2D eigenvalue weighted by atomic mass is 9.93. The van der Waals surface area contributed by atoms with Crippen molar-refractivity contribution < 1.29 is 4.74 Å². The fraction of sp³-hybridized carbons (Fsp3) is 0.562. The molecule has 0 aromatic carbocycles. The van der Waals surface area contributed by atoms with Crippen molar-refractivity contribution in [2.75, 3.05) is 13.7 Å². The highest BCUT2D eigenvalue weighted by atomic mass is 32.1. The predicted molar refractivity (Wildman–Crippen MR) is 91.8 cm³/mol. The Morgan fingerprint density at radius 1 is 1.33 bits per heavy atom. The molecule has 2 heterocycles. The van der Waals surface area contributed by atoms with Gasteiger partial charge in [-0.05, 0) is 18.0 Å². The van der Waals surface area contributed by atoms with Gasteiger partial charge in [-0.2, -0.15) is 0 Å². The van der Waals surface area contributed by atoms with Crippen LogP contribution in [0.1, 0.15) is 49.3 Å². The SMILES string of the molecule is CCNC(Cc1nc(C(C)(C)C)cs1)c1sccc1OC. The number of hydrogen-bond donors (Lipinski definition) is 1. The zero-order valence-electron chi connectivity index (χ0n) is 13.4. The van der Waals surface area contributed by atoms with E-state index in [-0.39, 0.29) is 11.5 Å². The normalized spacial score (nSPS) is 13.4. The summed E-state index contributed by atoms with van der Waals surface area (Å²) >= 11 is 3.50. The molecule has 1 N–H and O–H groups in total. The number of hydrogen-bond acceptors (Lipinski definition) is 5. The van der Waals surface area contributed by atoms with Crippen LogP contribution in [0.15, 0.2) is 16.8 Å². The minimum Gasteiger partial charge on any atom is -0.496 e. The van der Waals surface area contributed by atoms with Crippen LogP contribution in [0, 0.1) is 0 Å². The average molecular weight is 325 g/mol. The zero-order valence-corrected chi connectivity index (χ0v) is 15.0. The van der Waals surface area contributed by atoms with Crippen molar-refractivity contribution in [1.82, 2.24) is 10.3 Å². The van der Waals surface area contributed by atoms with Crippen LogP contribution in [-0.2, 0) is 11.8 Å². The third kappa shape index (κ3) is 4.05. The molecule has 2 aromatic heterocycles. The summed E-state index contributed by atoms with van der Waals surface area (Å²) in [6.45, 7) is 9.68. The van der Waals surface area contributed by atoms with E-state index in [4.69, 9.17) is 9.72 Å². The van der Waals surface area contributed by atoms with Gasteiger partial charge in [0, 0.05) is 17.2 Å². The van der Waals surface area contributed by atoms with Crippen LogP contribution in [0.25, 0.3) is 0 Å². The number of likely N-dealkylation sites (N-methyl/N-ethyl adjacent to an activating group) is 1. The summed E-state index contributed by atoms with van der Waals surface area (Å²) in [6, 6.07) is 2.30. The molecule has 0 saturated carbocycles. The molecule has 0 aliphatic rings. The highest BCUT2D eigenvalue weighted by molar-refractivity contribution is 7.10. The minimum atomic E-state index is 0.114. The maximum Gasteiger partial charge on any atom is 0.134 e. The van der Waals surface area contributed by atoms with Crippen LogP contribution in [-0.4, -0.2) is 18.6 Å². The summed E-state index contributed by atoms with van der Waals surface area (Å²) in [6.07, 6.45) is 0.908. The first-order valence-corrected chi connectivity index (χ1v) is 9.01. The Morgan fingerprint density at radius 3 is 2.67 bits per heavy atom. The molecule has 0 bridgehead atoms. The van der Waals surface area contributed by atoms with Crippen molar-refractivity contribution in [2.24, 2.45) is 0 Å². The van der Waals surface area contributed by atoms with Gasteiger partial charge in [-0.15, -0.1) is 22.7 Å². The fourth-order valence-electron chi connectivity index (χ4n) is 2.16. The van der Waals surface area contributed by atoms with E-state index in [9.17, 15) is 0 Å². The highest BCUT2D eigenvalue weighted by Gasteiger charge is 2.21. The Morgan fingerprint density at radius 2 is 2.10 bits per heavy atom. The number of thiazole rings is 1. The van der Waals surface area contributed by atoms with E-state index in [1.54, 1.807) is 29.8 Å². The standard InChI is InChI=1S/C16H24N2OS2/c1-6-17-11(15-12(19-5)7-8-20-15)9-14-18-13(10-21-14)16(2,3)4/h7-8,10-11,17H,6,9H2,1-5H3. The maximum atomic E-state index is 5.46. The third-order valence-corrected chi connectivity index (χ3v) is 5.23. The lowest BCUT2D eigenvalue weighted by Crippen LogP contribution is -2.22. The molecule has 0 spiro atoms. The molecule has 116 valence electrons. The largest absolute Gasteiger partial charge is 0.496 e. The summed E-state index contributed by atoms with van der Waals surface area (Å²) in [5.74, 6) is 0.971. The summed E-state index contributed by atoms with van der Waals surface area (Å²) in [4.78, 5) is 6.07. The number of rotatable bonds is 6. The van der Waals surface area contributed by atoms with Crippen molar-refractivity contribution in [2.45, 2.75) is 45.6 Å². The molecule has 1 unspecified atom stereocenters. The zero-order chi connectivity index (χ0) is 15.5. The second kappa shape index (κ2) is 6.90. The Bertz CT molecular complexity index is 569. The van der Waals surface area contributed by atoms with E-state index in [1.165, 1.54) is 15.6 Å².